The van der Waals surface area contributed by atoms with E-state index in [0.29, 0.717) is 17.3 Å². The van der Waals surface area contributed by atoms with Crippen molar-refractivity contribution in [2.45, 2.75) is 59.3 Å². The second kappa shape index (κ2) is 11.7. The monoisotopic (exact) mass is 535 g/mol. The lowest BCUT2D eigenvalue weighted by Crippen LogP contribution is -2.36. The van der Waals surface area contributed by atoms with Gasteiger partial charge in [-0.25, -0.2) is 14.2 Å². The average Bonchev–Trinajstić information content (AvgIpc) is 2.88. The number of ether oxygens (including phenoxy) is 2. The zero-order valence-corrected chi connectivity index (χ0v) is 22.9. The van der Waals surface area contributed by atoms with E-state index in [1.807, 2.05) is 19.1 Å². The maximum absolute atomic E-state index is 13.4. The lowest BCUT2D eigenvalue weighted by Gasteiger charge is -2.37. The molecule has 1 unspecified atom stereocenters. The normalized spacial score (nSPS) is 14.8. The number of amides is 1. The third kappa shape index (κ3) is 7.22. The van der Waals surface area contributed by atoms with E-state index in [4.69, 9.17) is 14.5 Å². The molecule has 10 heteroatoms. The first kappa shape index (κ1) is 27.8. The van der Waals surface area contributed by atoms with Crippen molar-refractivity contribution in [2.24, 2.45) is 0 Å². The van der Waals surface area contributed by atoms with Crippen LogP contribution in [0.15, 0.2) is 48.5 Å². The highest BCUT2D eigenvalue weighted by atomic mass is 19.1. The lowest BCUT2D eigenvalue weighted by molar-refractivity contribution is -0.144. The molecule has 0 saturated carbocycles. The first-order chi connectivity index (χ1) is 18.5. The third-order valence-corrected chi connectivity index (χ3v) is 6.33. The fraction of sp³-hybridized carbons (Fsp3) is 0.379. The number of aromatic nitrogens is 2. The standard InChI is InChI=1S/C29H34FN5O4/c1-18-24(17-38-25(36)16-31-28(37)39-29(3,4)5)33-27(32-22-12-10-21(30)11-13-22)34-26(18)35-15-14-20-8-6-7-9-23(20)19(35)2/h6-13,19H,14-17H2,1-5H3,(H,31,37)(H,32,33,34). The predicted molar refractivity (Wildman–Crippen MR) is 146 cm³/mol. The highest BCUT2D eigenvalue weighted by molar-refractivity contribution is 5.78. The van der Waals surface area contributed by atoms with Crippen molar-refractivity contribution in [1.29, 1.82) is 0 Å². The molecule has 1 amide bonds. The van der Waals surface area contributed by atoms with Gasteiger partial charge in [0.25, 0.3) is 0 Å². The quantitative estimate of drug-likeness (QED) is 0.390. The summed E-state index contributed by atoms with van der Waals surface area (Å²) in [6.45, 7) is 9.53. The molecule has 2 aromatic carbocycles. The number of hydrogen-bond donors (Lipinski definition) is 2. The van der Waals surface area contributed by atoms with Crippen LogP contribution in [-0.4, -0.2) is 40.7 Å². The van der Waals surface area contributed by atoms with Crippen molar-refractivity contribution in [3.63, 3.8) is 0 Å². The number of esters is 1. The topological polar surface area (TPSA) is 106 Å². The zero-order valence-electron chi connectivity index (χ0n) is 22.9. The highest BCUT2D eigenvalue weighted by Crippen LogP contribution is 2.35. The molecule has 2 heterocycles. The summed E-state index contributed by atoms with van der Waals surface area (Å²) in [5.74, 6) is 0.0361. The maximum atomic E-state index is 13.4. The van der Waals surface area contributed by atoms with Crippen molar-refractivity contribution < 1.29 is 23.5 Å². The van der Waals surface area contributed by atoms with Crippen LogP contribution in [0, 0.1) is 12.7 Å². The van der Waals surface area contributed by atoms with Crippen molar-refractivity contribution in [3.8, 4) is 0 Å². The molecule has 0 radical (unpaired) electrons. The van der Waals surface area contributed by atoms with Crippen LogP contribution in [0.2, 0.25) is 0 Å². The van der Waals surface area contributed by atoms with Crippen LogP contribution in [-0.2, 0) is 27.3 Å². The van der Waals surface area contributed by atoms with Crippen molar-refractivity contribution in [3.05, 3.63) is 76.7 Å². The van der Waals surface area contributed by atoms with Gasteiger partial charge in [0.05, 0.1) is 11.7 Å². The van der Waals surface area contributed by atoms with Crippen molar-refractivity contribution in [1.82, 2.24) is 15.3 Å². The first-order valence-corrected chi connectivity index (χ1v) is 12.9. The molecule has 0 spiro atoms. The number of hydrogen-bond acceptors (Lipinski definition) is 8. The van der Waals surface area contributed by atoms with Crippen LogP contribution in [0.5, 0.6) is 0 Å². The molecule has 9 nitrogen and oxygen atoms in total. The molecule has 0 saturated heterocycles. The zero-order chi connectivity index (χ0) is 28.2. The molecule has 1 aliphatic rings. The molecule has 206 valence electrons. The van der Waals surface area contributed by atoms with Gasteiger partial charge in [0, 0.05) is 17.8 Å². The summed E-state index contributed by atoms with van der Waals surface area (Å²) in [6, 6.07) is 14.3. The Kier molecular flexibility index (Phi) is 8.32. The van der Waals surface area contributed by atoms with Gasteiger partial charge in [-0.15, -0.1) is 0 Å². The summed E-state index contributed by atoms with van der Waals surface area (Å²) < 4.78 is 24.0. The molecule has 0 bridgehead atoms. The minimum Gasteiger partial charge on any atom is -0.458 e. The Hall–Kier alpha value is -4.21. The molecule has 39 heavy (non-hydrogen) atoms. The molecule has 0 aliphatic carbocycles. The Morgan fingerprint density at radius 3 is 2.54 bits per heavy atom. The largest absolute Gasteiger partial charge is 0.458 e. The minimum absolute atomic E-state index is 0.0654. The number of carbonyl (C=O) groups excluding carboxylic acids is 2. The van der Waals surface area contributed by atoms with Gasteiger partial charge >= 0.3 is 12.1 Å². The van der Waals surface area contributed by atoms with Gasteiger partial charge in [-0.2, -0.15) is 4.98 Å². The van der Waals surface area contributed by atoms with Crippen LogP contribution in [0.3, 0.4) is 0 Å². The number of nitrogens with zero attached hydrogens (tertiary/aromatic N) is 3. The fourth-order valence-corrected chi connectivity index (χ4v) is 4.41. The molecule has 4 rings (SSSR count). The number of nitrogens with one attached hydrogen (secondary N) is 2. The number of carbonyl (C=O) groups is 2. The summed E-state index contributed by atoms with van der Waals surface area (Å²) in [6.07, 6.45) is 0.163. The summed E-state index contributed by atoms with van der Waals surface area (Å²) >= 11 is 0. The summed E-state index contributed by atoms with van der Waals surface area (Å²) in [5.41, 5.74) is 3.77. The molecular formula is C29H34FN5O4. The maximum Gasteiger partial charge on any atom is 0.408 e. The SMILES string of the molecule is Cc1c(COC(=O)CNC(=O)OC(C)(C)C)nc(Nc2ccc(F)cc2)nc1N1CCc2ccccc2C1C. The van der Waals surface area contributed by atoms with E-state index in [9.17, 15) is 14.0 Å². The van der Waals surface area contributed by atoms with Gasteiger partial charge in [0.1, 0.15) is 30.4 Å². The van der Waals surface area contributed by atoms with E-state index >= 15 is 0 Å². The molecular weight excluding hydrogens is 501 g/mol. The van der Waals surface area contributed by atoms with E-state index in [0.717, 1.165) is 24.3 Å². The molecule has 3 aromatic rings. The van der Waals surface area contributed by atoms with E-state index in [1.165, 1.54) is 23.3 Å². The smallest absolute Gasteiger partial charge is 0.408 e. The first-order valence-electron chi connectivity index (χ1n) is 12.9. The van der Waals surface area contributed by atoms with Crippen molar-refractivity contribution >= 4 is 29.5 Å². The molecule has 0 fully saturated rings. The number of benzene rings is 2. The van der Waals surface area contributed by atoms with Gasteiger partial charge in [-0.3, -0.25) is 4.79 Å². The van der Waals surface area contributed by atoms with Crippen LogP contribution in [0.25, 0.3) is 0 Å². The summed E-state index contributed by atoms with van der Waals surface area (Å²) in [4.78, 5) is 35.9. The number of anilines is 3. The molecule has 1 atom stereocenters. The second-order valence-electron chi connectivity index (χ2n) is 10.4. The fourth-order valence-electron chi connectivity index (χ4n) is 4.41. The molecule has 1 aromatic heterocycles. The van der Waals surface area contributed by atoms with Crippen LogP contribution in [0.1, 0.15) is 56.1 Å². The minimum atomic E-state index is -0.704. The van der Waals surface area contributed by atoms with Gasteiger partial charge in [0.2, 0.25) is 5.95 Å². The Morgan fingerprint density at radius 1 is 1.10 bits per heavy atom. The predicted octanol–water partition coefficient (Wildman–Crippen LogP) is 5.36. The number of rotatable bonds is 7. The van der Waals surface area contributed by atoms with Crippen molar-refractivity contribution in [2.75, 3.05) is 23.3 Å². The Morgan fingerprint density at radius 2 is 1.82 bits per heavy atom. The number of fused-ring (bicyclic) bond motifs is 1. The Labute approximate surface area is 227 Å². The highest BCUT2D eigenvalue weighted by Gasteiger charge is 2.27. The van der Waals surface area contributed by atoms with E-state index in [2.05, 4.69) is 39.6 Å². The van der Waals surface area contributed by atoms with Crippen LogP contribution < -0.4 is 15.5 Å². The third-order valence-electron chi connectivity index (χ3n) is 6.33. The number of halogens is 1. The Bertz CT molecular complexity index is 1340. The Balaban J connectivity index is 1.56. The lowest BCUT2D eigenvalue weighted by atomic mass is 9.93. The van der Waals surface area contributed by atoms with Gasteiger partial charge in [0.15, 0.2) is 0 Å². The number of alkyl carbamates (subject to hydrolysis) is 1. The summed E-state index contributed by atoms with van der Waals surface area (Å²) in [7, 11) is 0. The summed E-state index contributed by atoms with van der Waals surface area (Å²) in [5, 5.41) is 5.53. The van der Waals surface area contributed by atoms with E-state index < -0.39 is 17.7 Å². The van der Waals surface area contributed by atoms with Crippen LogP contribution in [0.4, 0.5) is 26.6 Å². The van der Waals surface area contributed by atoms with E-state index in [-0.39, 0.29) is 25.0 Å². The second-order valence-corrected chi connectivity index (χ2v) is 10.4. The van der Waals surface area contributed by atoms with Gasteiger partial charge < -0.3 is 25.0 Å². The van der Waals surface area contributed by atoms with Gasteiger partial charge in [-0.05, 0) is 76.4 Å². The van der Waals surface area contributed by atoms with Gasteiger partial charge in [-0.1, -0.05) is 24.3 Å². The van der Waals surface area contributed by atoms with E-state index in [1.54, 1.807) is 32.9 Å². The average molecular weight is 536 g/mol. The molecule has 1 aliphatic heterocycles. The molecule has 2 N–H and O–H groups in total. The van der Waals surface area contributed by atoms with Crippen LogP contribution >= 0.6 is 0 Å².